The molecule has 1 aliphatic rings. The Morgan fingerprint density at radius 3 is 2.47 bits per heavy atom. The molecule has 1 saturated heterocycles. The molecular weight excluding hydrogens is 372 g/mol. The normalized spacial score (nSPS) is 14.8. The van der Waals surface area contributed by atoms with Crippen molar-refractivity contribution in [2.45, 2.75) is 0 Å². The first kappa shape index (κ1) is 18.5. The number of likely N-dealkylation sites (N-methyl/N-ethyl adjacent to an activating group) is 1. The van der Waals surface area contributed by atoms with Gasteiger partial charge in [0.15, 0.2) is 0 Å². The molecule has 0 atom stereocenters. The van der Waals surface area contributed by atoms with Crippen molar-refractivity contribution in [2.75, 3.05) is 43.4 Å². The molecule has 2 aromatic carbocycles. The molecule has 150 valence electrons. The maximum Gasteiger partial charge on any atom is 0.227 e. The second-order valence-electron chi connectivity index (χ2n) is 7.60. The molecule has 30 heavy (non-hydrogen) atoms. The molecule has 0 amide bonds. The van der Waals surface area contributed by atoms with Gasteiger partial charge in [-0.15, -0.1) is 0 Å². The number of anilines is 3. The summed E-state index contributed by atoms with van der Waals surface area (Å²) in [6.07, 6.45) is 1.82. The van der Waals surface area contributed by atoms with Gasteiger partial charge in [0.05, 0.1) is 16.9 Å². The van der Waals surface area contributed by atoms with Crippen LogP contribution in [0.15, 0.2) is 72.9 Å². The number of nitrogens with one attached hydrogen (secondary N) is 1. The highest BCUT2D eigenvalue weighted by atomic mass is 15.3. The molecule has 0 saturated carbocycles. The van der Waals surface area contributed by atoms with Crippen LogP contribution in [0.5, 0.6) is 0 Å². The zero-order valence-corrected chi connectivity index (χ0v) is 17.0. The molecule has 1 fully saturated rings. The van der Waals surface area contributed by atoms with Gasteiger partial charge < -0.3 is 15.1 Å². The van der Waals surface area contributed by atoms with Gasteiger partial charge in [-0.05, 0) is 19.2 Å². The Hall–Kier alpha value is -3.51. The van der Waals surface area contributed by atoms with Crippen LogP contribution < -0.4 is 10.2 Å². The Labute approximate surface area is 176 Å². The summed E-state index contributed by atoms with van der Waals surface area (Å²) in [5, 5.41) is 4.59. The lowest BCUT2D eigenvalue weighted by atomic mass is 10.1. The molecule has 2 aromatic heterocycles. The third-order valence-electron chi connectivity index (χ3n) is 5.47. The summed E-state index contributed by atoms with van der Waals surface area (Å²) in [5.41, 5.74) is 3.86. The molecule has 1 aliphatic heterocycles. The lowest BCUT2D eigenvalue weighted by Gasteiger charge is -2.32. The van der Waals surface area contributed by atoms with Crippen LogP contribution in [-0.2, 0) is 0 Å². The zero-order chi connectivity index (χ0) is 20.3. The van der Waals surface area contributed by atoms with Crippen molar-refractivity contribution >= 4 is 28.4 Å². The number of hydrogen-bond donors (Lipinski definition) is 1. The van der Waals surface area contributed by atoms with Crippen molar-refractivity contribution in [3.63, 3.8) is 0 Å². The van der Waals surface area contributed by atoms with Crippen LogP contribution in [0.25, 0.3) is 22.2 Å². The van der Waals surface area contributed by atoms with Gasteiger partial charge in [-0.25, -0.2) is 4.98 Å². The first-order valence-electron chi connectivity index (χ1n) is 10.2. The van der Waals surface area contributed by atoms with Crippen LogP contribution >= 0.6 is 0 Å². The molecule has 0 bridgehead atoms. The quantitative estimate of drug-likeness (QED) is 0.558. The van der Waals surface area contributed by atoms with Crippen molar-refractivity contribution in [3.05, 3.63) is 72.9 Å². The van der Waals surface area contributed by atoms with Gasteiger partial charge in [0, 0.05) is 49.4 Å². The van der Waals surface area contributed by atoms with E-state index in [1.807, 2.05) is 48.7 Å². The van der Waals surface area contributed by atoms with Gasteiger partial charge >= 0.3 is 0 Å². The second kappa shape index (κ2) is 8.08. The maximum absolute atomic E-state index is 4.90. The van der Waals surface area contributed by atoms with E-state index in [0.29, 0.717) is 0 Å². The lowest BCUT2D eigenvalue weighted by molar-refractivity contribution is 0.311. The molecular formula is C24H24N6. The van der Waals surface area contributed by atoms with E-state index in [9.17, 15) is 0 Å². The predicted molar refractivity (Wildman–Crippen MR) is 122 cm³/mol. The van der Waals surface area contributed by atoms with E-state index in [1.165, 1.54) is 0 Å². The fraction of sp³-hybridized carbons (Fsp3) is 0.208. The van der Waals surface area contributed by atoms with Crippen LogP contribution in [0.3, 0.4) is 0 Å². The fourth-order valence-corrected chi connectivity index (χ4v) is 3.75. The average molecular weight is 396 g/mol. The van der Waals surface area contributed by atoms with E-state index < -0.39 is 0 Å². The first-order valence-corrected chi connectivity index (χ1v) is 10.2. The molecule has 6 nitrogen and oxygen atoms in total. The highest BCUT2D eigenvalue weighted by Crippen LogP contribution is 2.28. The fourth-order valence-electron chi connectivity index (χ4n) is 3.75. The maximum atomic E-state index is 4.90. The standard InChI is InChI=1S/C24H24N6/c1-29-13-15-30(16-14-29)24-27-21(18-7-3-2-4-8-18)17-22(28-24)26-20-11-5-9-19-10-6-12-25-23(19)20/h2-12,17H,13-16H2,1H3,(H,26,27,28). The van der Waals surface area contributed by atoms with Gasteiger partial charge in [-0.1, -0.05) is 48.5 Å². The Bertz CT molecular complexity index is 1150. The summed E-state index contributed by atoms with van der Waals surface area (Å²) in [4.78, 5) is 18.9. The van der Waals surface area contributed by atoms with Crippen molar-refractivity contribution in [1.29, 1.82) is 0 Å². The summed E-state index contributed by atoms with van der Waals surface area (Å²) in [5.74, 6) is 1.54. The van der Waals surface area contributed by atoms with Gasteiger partial charge in [0.1, 0.15) is 5.82 Å². The Morgan fingerprint density at radius 2 is 1.63 bits per heavy atom. The topological polar surface area (TPSA) is 57.2 Å². The van der Waals surface area contributed by atoms with Crippen LogP contribution in [0, 0.1) is 0 Å². The average Bonchev–Trinajstić information content (AvgIpc) is 2.80. The van der Waals surface area contributed by atoms with Gasteiger partial charge in [0.2, 0.25) is 5.95 Å². The molecule has 0 aliphatic carbocycles. The summed E-state index contributed by atoms with van der Waals surface area (Å²) in [6.45, 7) is 3.86. The molecule has 0 unspecified atom stereocenters. The minimum absolute atomic E-state index is 0.764. The zero-order valence-electron chi connectivity index (χ0n) is 17.0. The Kier molecular flexibility index (Phi) is 4.99. The van der Waals surface area contributed by atoms with E-state index in [-0.39, 0.29) is 0 Å². The van der Waals surface area contributed by atoms with Crippen LogP contribution in [0.4, 0.5) is 17.5 Å². The van der Waals surface area contributed by atoms with Crippen LogP contribution in [-0.4, -0.2) is 53.1 Å². The predicted octanol–water partition coefficient (Wildman–Crippen LogP) is 4.19. The highest BCUT2D eigenvalue weighted by Gasteiger charge is 2.18. The van der Waals surface area contributed by atoms with E-state index in [2.05, 4.69) is 51.4 Å². The number of benzene rings is 2. The van der Waals surface area contributed by atoms with Crippen molar-refractivity contribution in [3.8, 4) is 11.3 Å². The molecule has 1 N–H and O–H groups in total. The monoisotopic (exact) mass is 396 g/mol. The third-order valence-corrected chi connectivity index (χ3v) is 5.47. The third kappa shape index (κ3) is 3.82. The number of aromatic nitrogens is 3. The summed E-state index contributed by atoms with van der Waals surface area (Å²) >= 11 is 0. The number of rotatable bonds is 4. The largest absolute Gasteiger partial charge is 0.338 e. The second-order valence-corrected chi connectivity index (χ2v) is 7.60. The molecule has 0 spiro atoms. The molecule has 0 radical (unpaired) electrons. The van der Waals surface area contributed by atoms with E-state index in [0.717, 1.165) is 65.8 Å². The number of piperazine rings is 1. The smallest absolute Gasteiger partial charge is 0.227 e. The summed E-state index contributed by atoms with van der Waals surface area (Å²) in [7, 11) is 2.15. The Morgan fingerprint density at radius 1 is 0.833 bits per heavy atom. The first-order chi connectivity index (χ1) is 14.8. The number of para-hydroxylation sites is 1. The highest BCUT2D eigenvalue weighted by molar-refractivity contribution is 5.91. The van der Waals surface area contributed by atoms with E-state index in [1.54, 1.807) is 0 Å². The molecule has 3 heterocycles. The molecule has 5 rings (SSSR count). The van der Waals surface area contributed by atoms with Crippen molar-refractivity contribution < 1.29 is 0 Å². The van der Waals surface area contributed by atoms with Crippen molar-refractivity contribution in [2.24, 2.45) is 0 Å². The van der Waals surface area contributed by atoms with Gasteiger partial charge in [-0.2, -0.15) is 4.98 Å². The SMILES string of the molecule is CN1CCN(c2nc(Nc3cccc4cccnc34)cc(-c3ccccc3)n2)CC1. The molecule has 4 aromatic rings. The van der Waals surface area contributed by atoms with Crippen LogP contribution in [0.1, 0.15) is 0 Å². The molecule has 6 heteroatoms. The van der Waals surface area contributed by atoms with Crippen LogP contribution in [0.2, 0.25) is 0 Å². The minimum atomic E-state index is 0.764. The minimum Gasteiger partial charge on any atom is -0.338 e. The summed E-state index contributed by atoms with van der Waals surface area (Å²) in [6, 6.07) is 22.4. The van der Waals surface area contributed by atoms with E-state index in [4.69, 9.17) is 9.97 Å². The summed E-state index contributed by atoms with van der Waals surface area (Å²) < 4.78 is 0. The van der Waals surface area contributed by atoms with E-state index >= 15 is 0 Å². The van der Waals surface area contributed by atoms with Crippen molar-refractivity contribution in [1.82, 2.24) is 19.9 Å². The number of hydrogen-bond acceptors (Lipinski definition) is 6. The van der Waals surface area contributed by atoms with Gasteiger partial charge in [0.25, 0.3) is 0 Å². The number of fused-ring (bicyclic) bond motifs is 1. The van der Waals surface area contributed by atoms with Gasteiger partial charge in [-0.3, -0.25) is 4.98 Å². The number of pyridine rings is 1. The Balaban J connectivity index is 1.56. The number of nitrogens with zero attached hydrogens (tertiary/aromatic N) is 5. The lowest BCUT2D eigenvalue weighted by Crippen LogP contribution is -2.45.